The summed E-state index contributed by atoms with van der Waals surface area (Å²) in [6.45, 7) is 0. The quantitative estimate of drug-likeness (QED) is 0.843. The number of carboxylic acid groups (broad SMARTS) is 1. The van der Waals surface area contributed by atoms with Gasteiger partial charge in [0.2, 0.25) is 0 Å². The second kappa shape index (κ2) is 4.01. The lowest BCUT2D eigenvalue weighted by Crippen LogP contribution is -2.32. The number of aryl methyl sites for hydroxylation is 2. The highest BCUT2D eigenvalue weighted by atomic mass is 16.4. The smallest absolute Gasteiger partial charge is 0.314 e. The van der Waals surface area contributed by atoms with E-state index in [-0.39, 0.29) is 5.75 Å². The molecule has 2 aliphatic carbocycles. The van der Waals surface area contributed by atoms with Crippen LogP contribution in [0.1, 0.15) is 48.8 Å². The highest BCUT2D eigenvalue weighted by Gasteiger charge is 2.45. The Morgan fingerprint density at radius 2 is 1.67 bits per heavy atom. The first kappa shape index (κ1) is 11.6. The molecule has 0 bridgehead atoms. The Morgan fingerprint density at radius 1 is 1.06 bits per heavy atom. The molecule has 3 heteroatoms. The van der Waals surface area contributed by atoms with Gasteiger partial charge in [-0.1, -0.05) is 18.9 Å². The fraction of sp³-hybridized carbons (Fsp3) is 0.533. The van der Waals surface area contributed by atoms with Crippen LogP contribution in [-0.4, -0.2) is 16.2 Å². The second-order valence-electron chi connectivity index (χ2n) is 5.59. The van der Waals surface area contributed by atoms with Crippen molar-refractivity contribution in [1.82, 2.24) is 0 Å². The van der Waals surface area contributed by atoms with Gasteiger partial charge in [-0.3, -0.25) is 4.79 Å². The maximum absolute atomic E-state index is 11.7. The van der Waals surface area contributed by atoms with Crippen LogP contribution in [0, 0.1) is 0 Å². The summed E-state index contributed by atoms with van der Waals surface area (Å²) >= 11 is 0. The fourth-order valence-electron chi connectivity index (χ4n) is 3.57. The average Bonchev–Trinajstić information content (AvgIpc) is 2.95. The standard InChI is InChI=1S/C15H18O3/c16-13-9-11-5-3-4-10(11)8-12(13)15(14(17)18)6-1-2-7-15/h8-9,16H,1-7H2,(H,17,18). The monoisotopic (exact) mass is 246 g/mol. The van der Waals surface area contributed by atoms with Gasteiger partial charge in [0.1, 0.15) is 5.75 Å². The van der Waals surface area contributed by atoms with E-state index in [9.17, 15) is 15.0 Å². The number of rotatable bonds is 2. The number of carboxylic acids is 1. The molecule has 0 aliphatic heterocycles. The molecule has 0 unspecified atom stereocenters. The molecule has 1 fully saturated rings. The minimum absolute atomic E-state index is 0.181. The number of fused-ring (bicyclic) bond motifs is 1. The molecule has 3 rings (SSSR count). The zero-order valence-corrected chi connectivity index (χ0v) is 10.4. The SMILES string of the molecule is O=C(O)C1(c2cc3c(cc2O)CCC3)CCCC1. The highest BCUT2D eigenvalue weighted by Crippen LogP contribution is 2.46. The van der Waals surface area contributed by atoms with Crippen LogP contribution in [0.25, 0.3) is 0 Å². The molecular weight excluding hydrogens is 228 g/mol. The molecule has 0 spiro atoms. The molecule has 1 saturated carbocycles. The van der Waals surface area contributed by atoms with E-state index in [0.29, 0.717) is 18.4 Å². The maximum Gasteiger partial charge on any atom is 0.314 e. The number of carbonyl (C=O) groups is 1. The summed E-state index contributed by atoms with van der Waals surface area (Å²) in [6, 6.07) is 3.75. The number of hydrogen-bond acceptors (Lipinski definition) is 2. The van der Waals surface area contributed by atoms with Crippen LogP contribution in [-0.2, 0) is 23.1 Å². The summed E-state index contributed by atoms with van der Waals surface area (Å²) in [7, 11) is 0. The largest absolute Gasteiger partial charge is 0.508 e. The van der Waals surface area contributed by atoms with E-state index in [1.54, 1.807) is 6.07 Å². The normalized spacial score (nSPS) is 20.9. The lowest BCUT2D eigenvalue weighted by molar-refractivity contribution is -0.143. The van der Waals surface area contributed by atoms with Crippen molar-refractivity contribution in [3.05, 3.63) is 28.8 Å². The Balaban J connectivity index is 2.13. The molecule has 1 aromatic rings. The topological polar surface area (TPSA) is 57.5 Å². The first-order valence-electron chi connectivity index (χ1n) is 6.72. The number of aromatic hydroxyl groups is 1. The summed E-state index contributed by atoms with van der Waals surface area (Å²) in [4.78, 5) is 11.7. The van der Waals surface area contributed by atoms with Gasteiger partial charge < -0.3 is 10.2 Å². The second-order valence-corrected chi connectivity index (χ2v) is 5.59. The summed E-state index contributed by atoms with van der Waals surface area (Å²) in [6.07, 6.45) is 6.29. The number of hydrogen-bond donors (Lipinski definition) is 2. The van der Waals surface area contributed by atoms with Crippen LogP contribution in [0.15, 0.2) is 12.1 Å². The lowest BCUT2D eigenvalue weighted by Gasteiger charge is -2.26. The van der Waals surface area contributed by atoms with Gasteiger partial charge in [0, 0.05) is 5.56 Å². The Labute approximate surface area is 106 Å². The molecule has 18 heavy (non-hydrogen) atoms. The van der Waals surface area contributed by atoms with E-state index >= 15 is 0 Å². The van der Waals surface area contributed by atoms with Gasteiger partial charge in [0.05, 0.1) is 5.41 Å². The zero-order valence-electron chi connectivity index (χ0n) is 10.4. The Bertz CT molecular complexity index is 499. The van der Waals surface area contributed by atoms with Crippen molar-refractivity contribution in [1.29, 1.82) is 0 Å². The number of phenolic OH excluding ortho intramolecular Hbond substituents is 1. The van der Waals surface area contributed by atoms with E-state index in [1.807, 2.05) is 6.07 Å². The number of phenols is 1. The van der Waals surface area contributed by atoms with Crippen LogP contribution in [0.3, 0.4) is 0 Å². The third-order valence-electron chi connectivity index (χ3n) is 4.59. The van der Waals surface area contributed by atoms with Gasteiger partial charge in [-0.15, -0.1) is 0 Å². The van der Waals surface area contributed by atoms with Crippen LogP contribution in [0.5, 0.6) is 5.75 Å². The van der Waals surface area contributed by atoms with Crippen molar-refractivity contribution in [3.8, 4) is 5.75 Å². The van der Waals surface area contributed by atoms with Crippen molar-refractivity contribution < 1.29 is 15.0 Å². The van der Waals surface area contributed by atoms with Gasteiger partial charge in [-0.05, 0) is 49.3 Å². The van der Waals surface area contributed by atoms with Crippen molar-refractivity contribution in [3.63, 3.8) is 0 Å². The van der Waals surface area contributed by atoms with Crippen LogP contribution in [0.4, 0.5) is 0 Å². The summed E-state index contributed by atoms with van der Waals surface area (Å²) < 4.78 is 0. The lowest BCUT2D eigenvalue weighted by atomic mass is 9.77. The van der Waals surface area contributed by atoms with Crippen molar-refractivity contribution in [2.75, 3.05) is 0 Å². The van der Waals surface area contributed by atoms with Crippen molar-refractivity contribution in [2.45, 2.75) is 50.4 Å². The third kappa shape index (κ3) is 1.53. The Kier molecular flexibility index (Phi) is 2.58. The van der Waals surface area contributed by atoms with Crippen molar-refractivity contribution in [2.24, 2.45) is 0 Å². The van der Waals surface area contributed by atoms with E-state index in [4.69, 9.17) is 0 Å². The van der Waals surface area contributed by atoms with Gasteiger partial charge in [-0.2, -0.15) is 0 Å². The van der Waals surface area contributed by atoms with Gasteiger partial charge in [-0.25, -0.2) is 0 Å². The first-order chi connectivity index (χ1) is 8.63. The van der Waals surface area contributed by atoms with Gasteiger partial charge in [0.25, 0.3) is 0 Å². The van der Waals surface area contributed by atoms with Gasteiger partial charge >= 0.3 is 5.97 Å². The molecule has 0 radical (unpaired) electrons. The van der Waals surface area contributed by atoms with Crippen molar-refractivity contribution >= 4 is 5.97 Å². The first-order valence-corrected chi connectivity index (χ1v) is 6.72. The van der Waals surface area contributed by atoms with Gasteiger partial charge in [0.15, 0.2) is 0 Å². The molecule has 2 N–H and O–H groups in total. The van der Waals surface area contributed by atoms with E-state index in [1.165, 1.54) is 11.1 Å². The summed E-state index contributed by atoms with van der Waals surface area (Å²) in [5, 5.41) is 19.8. The Hall–Kier alpha value is -1.51. The van der Waals surface area contributed by atoms with Crippen LogP contribution < -0.4 is 0 Å². The molecule has 2 aliphatic rings. The van der Waals surface area contributed by atoms with E-state index in [0.717, 1.165) is 32.1 Å². The molecule has 0 aromatic heterocycles. The minimum Gasteiger partial charge on any atom is -0.508 e. The average molecular weight is 246 g/mol. The van der Waals surface area contributed by atoms with Crippen LogP contribution in [0.2, 0.25) is 0 Å². The minimum atomic E-state index is -0.846. The molecule has 0 atom stereocenters. The van der Waals surface area contributed by atoms with E-state index in [2.05, 4.69) is 0 Å². The van der Waals surface area contributed by atoms with Crippen LogP contribution >= 0.6 is 0 Å². The Morgan fingerprint density at radius 3 is 2.28 bits per heavy atom. The zero-order chi connectivity index (χ0) is 12.8. The summed E-state index contributed by atoms with van der Waals surface area (Å²) in [5.41, 5.74) is 2.22. The molecule has 3 nitrogen and oxygen atoms in total. The molecule has 0 amide bonds. The molecule has 96 valence electrons. The molecule has 0 saturated heterocycles. The maximum atomic E-state index is 11.7. The molecule has 1 aromatic carbocycles. The number of aliphatic carboxylic acids is 1. The molecule has 0 heterocycles. The highest BCUT2D eigenvalue weighted by molar-refractivity contribution is 5.83. The predicted octanol–water partition coefficient (Wildman–Crippen LogP) is 2.78. The van der Waals surface area contributed by atoms with E-state index < -0.39 is 11.4 Å². The molecular formula is C15H18O3. The summed E-state index contributed by atoms with van der Waals surface area (Å²) in [5.74, 6) is -0.604. The predicted molar refractivity (Wildman–Crippen MR) is 67.9 cm³/mol. The number of benzene rings is 1. The fourth-order valence-corrected chi connectivity index (χ4v) is 3.57. The third-order valence-corrected chi connectivity index (χ3v) is 4.59.